The van der Waals surface area contributed by atoms with Gasteiger partial charge >= 0.3 is 5.97 Å². The number of hydrogen-bond acceptors (Lipinski definition) is 4. The van der Waals surface area contributed by atoms with Crippen molar-refractivity contribution in [2.24, 2.45) is 52.1 Å². The van der Waals surface area contributed by atoms with Gasteiger partial charge in [0.15, 0.2) is 0 Å². The smallest absolute Gasteiger partial charge is 0.306 e. The number of carbonyl (C=O) groups is 1. The molecule has 2 N–H and O–H groups in total. The Bertz CT molecular complexity index is 945. The highest BCUT2D eigenvalue weighted by molar-refractivity contribution is 5.69. The van der Waals surface area contributed by atoms with Crippen LogP contribution < -0.4 is 5.73 Å². The van der Waals surface area contributed by atoms with Crippen LogP contribution in [0.1, 0.15) is 176 Å². The summed E-state index contributed by atoms with van der Waals surface area (Å²) in [6.45, 7) is 15.7. The average Bonchev–Trinajstić information content (AvgIpc) is 3.39. The lowest BCUT2D eigenvalue weighted by Gasteiger charge is -2.58. The van der Waals surface area contributed by atoms with Crippen molar-refractivity contribution in [3.8, 4) is 0 Å². The summed E-state index contributed by atoms with van der Waals surface area (Å²) in [5.41, 5.74) is 8.57. The fourth-order valence-corrected chi connectivity index (χ4v) is 11.0. The van der Waals surface area contributed by atoms with Crippen LogP contribution in [0.5, 0.6) is 0 Å². The maximum Gasteiger partial charge on any atom is 0.306 e. The largest absolute Gasteiger partial charge is 0.459 e. The van der Waals surface area contributed by atoms with Gasteiger partial charge in [-0.05, 0) is 104 Å². The Labute approximate surface area is 285 Å². The quantitative estimate of drug-likeness (QED) is 0.0816. The van der Waals surface area contributed by atoms with Crippen LogP contribution in [0.25, 0.3) is 0 Å². The number of allylic oxidation sites excluding steroid dienone is 1. The second-order valence-electron chi connectivity index (χ2n) is 17.4. The van der Waals surface area contributed by atoms with Crippen LogP contribution in [0.4, 0.5) is 0 Å². The lowest BCUT2D eigenvalue weighted by Crippen LogP contribution is -2.51. The number of rotatable bonds is 20. The number of carbonyl (C=O) groups excluding carboxylic acids is 1. The fourth-order valence-electron chi connectivity index (χ4n) is 11.0. The summed E-state index contributed by atoms with van der Waals surface area (Å²) < 4.78 is 12.2. The van der Waals surface area contributed by atoms with Gasteiger partial charge in [0.05, 0.1) is 12.7 Å². The third kappa shape index (κ3) is 9.64. The molecule has 0 amide bonds. The number of fused-ring (bicyclic) bond motifs is 5. The van der Waals surface area contributed by atoms with Crippen LogP contribution in [0.15, 0.2) is 11.6 Å². The molecule has 3 saturated carbocycles. The molecule has 0 spiro atoms. The molecule has 4 nitrogen and oxygen atoms in total. The highest BCUT2D eigenvalue weighted by atomic mass is 16.6. The first-order valence-corrected chi connectivity index (χ1v) is 20.3. The van der Waals surface area contributed by atoms with Gasteiger partial charge in [0, 0.05) is 13.0 Å². The van der Waals surface area contributed by atoms with Crippen molar-refractivity contribution in [1.82, 2.24) is 0 Å². The first kappa shape index (κ1) is 37.9. The molecule has 0 heterocycles. The minimum absolute atomic E-state index is 0.109. The SMILES string of the molecule is CCCCCCCCCCCC(=O)OC(CN)CO[C@H]1CC[C@@]2(C)C(=CC[C@H]3[C@@H]4CC[C@H]([C@H](C)CCCC(C)C)[C@@]4(C)CC[C@@H]32)C1. The molecule has 0 radical (unpaired) electrons. The van der Waals surface area contributed by atoms with Gasteiger partial charge in [-0.3, -0.25) is 4.79 Å². The zero-order valence-electron chi connectivity index (χ0n) is 31.3. The summed E-state index contributed by atoms with van der Waals surface area (Å²) in [5, 5.41) is 0. The molecule has 4 heteroatoms. The molecule has 9 atom stereocenters. The zero-order valence-corrected chi connectivity index (χ0v) is 31.3. The van der Waals surface area contributed by atoms with E-state index < -0.39 is 0 Å². The van der Waals surface area contributed by atoms with E-state index in [1.54, 1.807) is 5.57 Å². The van der Waals surface area contributed by atoms with E-state index in [2.05, 4.69) is 47.6 Å². The second-order valence-corrected chi connectivity index (χ2v) is 17.4. The standard InChI is InChI=1S/C42H75NO3/c1-7-8-9-10-11-12-13-14-15-19-40(44)46-35(29-43)30-45-34-24-26-41(5)33(28-34)20-21-36-38-23-22-37(32(4)18-16-17-31(2)3)42(38,6)27-25-39(36)41/h20,31-32,34-39H,7-19,21-30,43H2,1-6H3/t32-,34+,35?,36+,37-,38+,39+,41+,42-/m1/s1. The predicted octanol–water partition coefficient (Wildman–Crippen LogP) is 11.2. The molecule has 4 aliphatic carbocycles. The number of hydrogen-bond donors (Lipinski definition) is 1. The first-order valence-electron chi connectivity index (χ1n) is 20.3. The minimum Gasteiger partial charge on any atom is -0.459 e. The lowest BCUT2D eigenvalue weighted by atomic mass is 9.47. The highest BCUT2D eigenvalue weighted by Crippen LogP contribution is 2.67. The van der Waals surface area contributed by atoms with Crippen molar-refractivity contribution in [2.45, 2.75) is 189 Å². The summed E-state index contributed by atoms with van der Waals surface area (Å²) in [7, 11) is 0. The van der Waals surface area contributed by atoms with Crippen molar-refractivity contribution < 1.29 is 14.3 Å². The van der Waals surface area contributed by atoms with E-state index in [0.717, 1.165) is 61.2 Å². The molecule has 0 aromatic carbocycles. The molecular formula is C42H75NO3. The normalized spacial score (nSPS) is 33.6. The van der Waals surface area contributed by atoms with Gasteiger partial charge in [-0.15, -0.1) is 0 Å². The molecule has 4 aliphatic rings. The molecule has 0 aliphatic heterocycles. The molecular weight excluding hydrogens is 566 g/mol. The summed E-state index contributed by atoms with van der Waals surface area (Å²) in [5.74, 6) is 5.12. The van der Waals surface area contributed by atoms with E-state index >= 15 is 0 Å². The lowest BCUT2D eigenvalue weighted by molar-refractivity contribution is -0.153. The van der Waals surface area contributed by atoms with Crippen LogP contribution in [0, 0.1) is 46.3 Å². The number of nitrogens with two attached hydrogens (primary N) is 1. The Balaban J connectivity index is 1.20. The third-order valence-corrected chi connectivity index (χ3v) is 13.8. The molecule has 0 aromatic rings. The van der Waals surface area contributed by atoms with Crippen molar-refractivity contribution in [3.05, 3.63) is 11.6 Å². The number of ether oxygens (including phenoxy) is 2. The summed E-state index contributed by atoms with van der Waals surface area (Å²) >= 11 is 0. The van der Waals surface area contributed by atoms with Crippen molar-refractivity contribution in [3.63, 3.8) is 0 Å². The Kier molecular flexibility index (Phi) is 15.0. The highest BCUT2D eigenvalue weighted by Gasteiger charge is 2.59. The van der Waals surface area contributed by atoms with Gasteiger partial charge in [-0.1, -0.05) is 124 Å². The van der Waals surface area contributed by atoms with Gasteiger partial charge in [0.1, 0.15) is 6.10 Å². The van der Waals surface area contributed by atoms with Crippen LogP contribution in [0.2, 0.25) is 0 Å². The molecule has 4 rings (SSSR count). The predicted molar refractivity (Wildman–Crippen MR) is 194 cm³/mol. The Hall–Kier alpha value is -0.870. The summed E-state index contributed by atoms with van der Waals surface area (Å²) in [6, 6.07) is 0. The van der Waals surface area contributed by atoms with Gasteiger partial charge < -0.3 is 15.2 Å². The Morgan fingerprint density at radius 3 is 2.30 bits per heavy atom. The minimum atomic E-state index is -0.330. The van der Waals surface area contributed by atoms with E-state index in [1.165, 1.54) is 103 Å². The van der Waals surface area contributed by atoms with Crippen LogP contribution >= 0.6 is 0 Å². The number of unbranched alkanes of at least 4 members (excludes halogenated alkanes) is 8. The van der Waals surface area contributed by atoms with Gasteiger partial charge in [-0.25, -0.2) is 0 Å². The molecule has 0 saturated heterocycles. The monoisotopic (exact) mass is 642 g/mol. The van der Waals surface area contributed by atoms with E-state index in [-0.39, 0.29) is 18.2 Å². The molecule has 3 fully saturated rings. The van der Waals surface area contributed by atoms with E-state index in [0.29, 0.717) is 30.4 Å². The molecule has 1 unspecified atom stereocenters. The average molecular weight is 642 g/mol. The third-order valence-electron chi connectivity index (χ3n) is 13.8. The molecule has 266 valence electrons. The van der Waals surface area contributed by atoms with E-state index in [1.807, 2.05) is 0 Å². The van der Waals surface area contributed by atoms with Crippen molar-refractivity contribution in [1.29, 1.82) is 0 Å². The second kappa shape index (κ2) is 18.2. The fraction of sp³-hybridized carbons (Fsp3) is 0.929. The zero-order chi connectivity index (χ0) is 33.2. The Morgan fingerprint density at radius 1 is 0.891 bits per heavy atom. The van der Waals surface area contributed by atoms with Gasteiger partial charge in [0.2, 0.25) is 0 Å². The van der Waals surface area contributed by atoms with Crippen molar-refractivity contribution >= 4 is 5.97 Å². The maximum absolute atomic E-state index is 12.5. The van der Waals surface area contributed by atoms with E-state index in [4.69, 9.17) is 15.2 Å². The van der Waals surface area contributed by atoms with Crippen LogP contribution in [-0.4, -0.2) is 31.3 Å². The topological polar surface area (TPSA) is 61.5 Å². The summed E-state index contributed by atoms with van der Waals surface area (Å²) in [6.07, 6.45) is 28.9. The molecule has 0 bridgehead atoms. The molecule has 46 heavy (non-hydrogen) atoms. The number of esters is 1. The van der Waals surface area contributed by atoms with Gasteiger partial charge in [-0.2, -0.15) is 0 Å². The van der Waals surface area contributed by atoms with Gasteiger partial charge in [0.25, 0.3) is 0 Å². The van der Waals surface area contributed by atoms with Crippen molar-refractivity contribution in [2.75, 3.05) is 13.2 Å². The molecule has 0 aromatic heterocycles. The first-order chi connectivity index (χ1) is 22.1. The van der Waals surface area contributed by atoms with E-state index in [9.17, 15) is 4.79 Å². The van der Waals surface area contributed by atoms with Crippen LogP contribution in [-0.2, 0) is 14.3 Å². The Morgan fingerprint density at radius 2 is 1.61 bits per heavy atom. The maximum atomic E-state index is 12.5. The summed E-state index contributed by atoms with van der Waals surface area (Å²) in [4.78, 5) is 12.5. The van der Waals surface area contributed by atoms with Crippen LogP contribution in [0.3, 0.4) is 0 Å².